The summed E-state index contributed by atoms with van der Waals surface area (Å²) in [6.07, 6.45) is 0. The average Bonchev–Trinajstić information content (AvgIpc) is 2.41. The minimum atomic E-state index is -0.461. The van der Waals surface area contributed by atoms with Crippen LogP contribution in [0, 0.1) is 11.6 Å². The Bertz CT molecular complexity index is 597. The van der Waals surface area contributed by atoms with Crippen LogP contribution in [0.3, 0.4) is 0 Å². The molecule has 0 aliphatic heterocycles. The number of rotatable bonds is 3. The molecule has 3 nitrogen and oxygen atoms in total. The lowest BCUT2D eigenvalue weighted by Crippen LogP contribution is -2.12. The SMILES string of the molecule is COc1cc(F)ccc1NC(=O)c1ccc(F)cc1. The number of halogens is 2. The van der Waals surface area contributed by atoms with Gasteiger partial charge in [-0.15, -0.1) is 0 Å². The summed E-state index contributed by atoms with van der Waals surface area (Å²) in [5.74, 6) is -1.09. The third kappa shape index (κ3) is 3.07. The van der Waals surface area contributed by atoms with Crippen LogP contribution in [-0.2, 0) is 0 Å². The van der Waals surface area contributed by atoms with Crippen molar-refractivity contribution in [2.24, 2.45) is 0 Å². The van der Waals surface area contributed by atoms with E-state index in [1.165, 1.54) is 49.6 Å². The second-order valence-corrected chi connectivity index (χ2v) is 3.81. The van der Waals surface area contributed by atoms with Crippen LogP contribution in [0.15, 0.2) is 42.5 Å². The number of carbonyl (C=O) groups excluding carboxylic acids is 1. The number of hydrogen-bond acceptors (Lipinski definition) is 2. The van der Waals surface area contributed by atoms with E-state index in [2.05, 4.69) is 5.32 Å². The Morgan fingerprint density at radius 3 is 2.32 bits per heavy atom. The number of carbonyl (C=O) groups is 1. The molecule has 0 atom stereocenters. The van der Waals surface area contributed by atoms with Gasteiger partial charge in [0.05, 0.1) is 12.8 Å². The molecule has 2 aromatic carbocycles. The third-order valence-electron chi connectivity index (χ3n) is 2.52. The molecule has 2 rings (SSSR count). The maximum Gasteiger partial charge on any atom is 0.255 e. The normalized spacial score (nSPS) is 10.1. The predicted octanol–water partition coefficient (Wildman–Crippen LogP) is 3.23. The van der Waals surface area contributed by atoms with Crippen LogP contribution in [0.2, 0.25) is 0 Å². The van der Waals surface area contributed by atoms with Crippen LogP contribution in [0.4, 0.5) is 14.5 Å². The standard InChI is InChI=1S/C14H11F2NO2/c1-19-13-8-11(16)6-7-12(13)17-14(18)9-2-4-10(15)5-3-9/h2-8H,1H3,(H,17,18). The van der Waals surface area contributed by atoms with Gasteiger partial charge in [0, 0.05) is 11.6 Å². The summed E-state index contributed by atoms with van der Waals surface area (Å²) in [5, 5.41) is 2.57. The van der Waals surface area contributed by atoms with E-state index in [1.807, 2.05) is 0 Å². The van der Waals surface area contributed by atoms with Gasteiger partial charge in [-0.1, -0.05) is 0 Å². The van der Waals surface area contributed by atoms with E-state index in [0.717, 1.165) is 0 Å². The maximum atomic E-state index is 13.0. The highest BCUT2D eigenvalue weighted by Crippen LogP contribution is 2.25. The van der Waals surface area contributed by atoms with Gasteiger partial charge in [-0.05, 0) is 36.4 Å². The first kappa shape index (κ1) is 13.0. The van der Waals surface area contributed by atoms with E-state index in [-0.39, 0.29) is 5.75 Å². The van der Waals surface area contributed by atoms with Crippen LogP contribution < -0.4 is 10.1 Å². The lowest BCUT2D eigenvalue weighted by Gasteiger charge is -2.10. The van der Waals surface area contributed by atoms with Crippen molar-refractivity contribution in [1.82, 2.24) is 0 Å². The molecule has 0 aliphatic carbocycles. The molecule has 0 spiro atoms. The average molecular weight is 263 g/mol. The van der Waals surface area contributed by atoms with Gasteiger partial charge in [0.25, 0.3) is 5.91 Å². The van der Waals surface area contributed by atoms with Gasteiger partial charge in [-0.2, -0.15) is 0 Å². The molecule has 5 heteroatoms. The number of amides is 1. The topological polar surface area (TPSA) is 38.3 Å². The first-order valence-electron chi connectivity index (χ1n) is 5.50. The quantitative estimate of drug-likeness (QED) is 0.923. The van der Waals surface area contributed by atoms with E-state index >= 15 is 0 Å². The molecule has 0 bridgehead atoms. The molecule has 0 aromatic heterocycles. The van der Waals surface area contributed by atoms with Crippen molar-refractivity contribution in [3.8, 4) is 5.75 Å². The fourth-order valence-electron chi connectivity index (χ4n) is 1.56. The summed E-state index contributed by atoms with van der Waals surface area (Å²) in [5.41, 5.74) is 0.644. The van der Waals surface area contributed by atoms with Crippen molar-refractivity contribution in [1.29, 1.82) is 0 Å². The number of methoxy groups -OCH3 is 1. The third-order valence-corrected chi connectivity index (χ3v) is 2.52. The largest absolute Gasteiger partial charge is 0.494 e. The van der Waals surface area contributed by atoms with Crippen LogP contribution in [0.1, 0.15) is 10.4 Å². The zero-order chi connectivity index (χ0) is 13.8. The maximum absolute atomic E-state index is 13.0. The zero-order valence-corrected chi connectivity index (χ0v) is 10.1. The number of benzene rings is 2. The number of anilines is 1. The first-order valence-corrected chi connectivity index (χ1v) is 5.50. The van der Waals surface area contributed by atoms with E-state index < -0.39 is 17.5 Å². The van der Waals surface area contributed by atoms with Crippen LogP contribution in [0.5, 0.6) is 5.75 Å². The first-order chi connectivity index (χ1) is 9.10. The Hall–Kier alpha value is -2.43. The van der Waals surface area contributed by atoms with Crippen molar-refractivity contribution in [2.75, 3.05) is 12.4 Å². The van der Waals surface area contributed by atoms with Gasteiger partial charge in [-0.3, -0.25) is 4.79 Å². The van der Waals surface area contributed by atoms with Gasteiger partial charge in [0.2, 0.25) is 0 Å². The number of hydrogen-bond donors (Lipinski definition) is 1. The lowest BCUT2D eigenvalue weighted by atomic mass is 10.2. The second-order valence-electron chi connectivity index (χ2n) is 3.81. The van der Waals surface area contributed by atoms with E-state index in [1.54, 1.807) is 0 Å². The molecule has 0 aliphatic rings. The molecular weight excluding hydrogens is 252 g/mol. The Labute approximate surface area is 108 Å². The molecule has 1 amide bonds. The summed E-state index contributed by atoms with van der Waals surface area (Å²) < 4.78 is 30.7. The minimum Gasteiger partial charge on any atom is -0.494 e. The van der Waals surface area contributed by atoms with Gasteiger partial charge in [-0.25, -0.2) is 8.78 Å². The molecule has 98 valence electrons. The summed E-state index contributed by atoms with van der Waals surface area (Å²) >= 11 is 0. The molecule has 19 heavy (non-hydrogen) atoms. The predicted molar refractivity (Wildman–Crippen MR) is 67.3 cm³/mol. The Morgan fingerprint density at radius 1 is 1.05 bits per heavy atom. The number of ether oxygens (including phenoxy) is 1. The van der Waals surface area contributed by atoms with E-state index in [9.17, 15) is 13.6 Å². The monoisotopic (exact) mass is 263 g/mol. The zero-order valence-electron chi connectivity index (χ0n) is 10.1. The van der Waals surface area contributed by atoms with Crippen molar-refractivity contribution in [2.45, 2.75) is 0 Å². The Kier molecular flexibility index (Phi) is 3.75. The highest BCUT2D eigenvalue weighted by molar-refractivity contribution is 6.04. The minimum absolute atomic E-state index is 0.218. The molecule has 0 radical (unpaired) electrons. The molecule has 0 saturated heterocycles. The Morgan fingerprint density at radius 2 is 1.68 bits per heavy atom. The molecule has 2 aromatic rings. The van der Waals surface area contributed by atoms with Gasteiger partial charge in [0.1, 0.15) is 17.4 Å². The van der Waals surface area contributed by atoms with Crippen molar-refractivity contribution < 1.29 is 18.3 Å². The second kappa shape index (κ2) is 5.48. The van der Waals surface area contributed by atoms with E-state index in [4.69, 9.17) is 4.74 Å². The smallest absolute Gasteiger partial charge is 0.255 e. The van der Waals surface area contributed by atoms with Crippen molar-refractivity contribution in [3.05, 3.63) is 59.7 Å². The molecule has 0 fully saturated rings. The number of nitrogens with one attached hydrogen (secondary N) is 1. The lowest BCUT2D eigenvalue weighted by molar-refractivity contribution is 0.102. The van der Waals surface area contributed by atoms with Crippen LogP contribution >= 0.6 is 0 Å². The van der Waals surface area contributed by atoms with Crippen LogP contribution in [0.25, 0.3) is 0 Å². The Balaban J connectivity index is 2.21. The fourth-order valence-corrected chi connectivity index (χ4v) is 1.56. The van der Waals surface area contributed by atoms with Gasteiger partial charge < -0.3 is 10.1 Å². The summed E-state index contributed by atoms with van der Waals surface area (Å²) in [6.45, 7) is 0. The van der Waals surface area contributed by atoms with Crippen molar-refractivity contribution >= 4 is 11.6 Å². The van der Waals surface area contributed by atoms with Gasteiger partial charge >= 0.3 is 0 Å². The highest BCUT2D eigenvalue weighted by Gasteiger charge is 2.10. The van der Waals surface area contributed by atoms with Crippen LogP contribution in [-0.4, -0.2) is 13.0 Å². The molecule has 1 N–H and O–H groups in total. The molecule has 0 saturated carbocycles. The molecule has 0 heterocycles. The highest BCUT2D eigenvalue weighted by atomic mass is 19.1. The summed E-state index contributed by atoms with van der Waals surface area (Å²) in [7, 11) is 1.38. The van der Waals surface area contributed by atoms with E-state index in [0.29, 0.717) is 11.3 Å². The molecule has 0 unspecified atom stereocenters. The summed E-state index contributed by atoms with van der Waals surface area (Å²) in [6, 6.07) is 8.88. The molecular formula is C14H11F2NO2. The van der Waals surface area contributed by atoms with Gasteiger partial charge in [0.15, 0.2) is 0 Å². The van der Waals surface area contributed by atoms with Crippen molar-refractivity contribution in [3.63, 3.8) is 0 Å². The fraction of sp³-hybridized carbons (Fsp3) is 0.0714. The summed E-state index contributed by atoms with van der Waals surface area (Å²) in [4.78, 5) is 11.9.